The lowest BCUT2D eigenvalue weighted by Gasteiger charge is -2.37. The van der Waals surface area contributed by atoms with Crippen LogP contribution in [0.25, 0.3) is 21.8 Å². The number of anilines is 6. The molecule has 2 saturated heterocycles. The van der Waals surface area contributed by atoms with Gasteiger partial charge in [0.25, 0.3) is 0 Å². The number of benzene rings is 4. The molecule has 4 aliphatic rings. The van der Waals surface area contributed by atoms with E-state index in [2.05, 4.69) is 46.4 Å². The number of hydrogen-bond donors (Lipinski definition) is 7. The quantitative estimate of drug-likeness (QED) is 0.0949. The molecular formula is C50H56BCl2N12O5. The maximum absolute atomic E-state index is 12.8. The van der Waals surface area contributed by atoms with Gasteiger partial charge in [-0.2, -0.15) is 0 Å². The highest BCUT2D eigenvalue weighted by Crippen LogP contribution is 2.32. The Kier molecular flexibility index (Phi) is 16.1. The standard InChI is InChI=1S/C23H23ClN6O2.C14H18N2O3.C13H15ClN4.B/c24-15-5-6-16-18(12-15)26-21(25)13-20(16)29-7-9-30(10-8-29)23(32)28-19-11-14-3-1-2-4-17(14)27-22(19)31;1-14(2,3)19-13(18)16-11-8-9-6-4-5-7-10(9)15-12(11)17;14-9-1-2-10-11(7-9)17-13(15)8-12(10)18-5-3-16-4-6-18;/h1-6,12-13,19H,7-11H2,(H2,25,26)(H,27,31)(H,28,32);4-7,11H,8H2,1-3H3,(H,15,17)(H,16,18);1-2,7-8,16H,3-6H2,(H2,15,17);/t19-;11-;;/m00../s1. The highest BCUT2D eigenvalue weighted by Gasteiger charge is 2.31. The van der Waals surface area contributed by atoms with E-state index < -0.39 is 23.8 Å². The second-order valence-corrected chi connectivity index (χ2v) is 18.9. The number of nitrogens with one attached hydrogen (secondary N) is 5. The number of carbonyl (C=O) groups is 4. The highest BCUT2D eigenvalue weighted by molar-refractivity contribution is 6.31. The van der Waals surface area contributed by atoms with Crippen molar-refractivity contribution in [1.82, 2.24) is 30.8 Å². The molecule has 0 spiro atoms. The van der Waals surface area contributed by atoms with Crippen molar-refractivity contribution in [1.29, 1.82) is 0 Å². The molecule has 9 N–H and O–H groups in total. The molecule has 70 heavy (non-hydrogen) atoms. The Morgan fingerprint density at radius 2 is 1.11 bits per heavy atom. The summed E-state index contributed by atoms with van der Waals surface area (Å²) in [4.78, 5) is 63.8. The molecule has 0 unspecified atom stereocenters. The number of alkyl carbamates (subject to hydrolysis) is 1. The summed E-state index contributed by atoms with van der Waals surface area (Å²) in [5.41, 5.74) is 18.7. The predicted octanol–water partition coefficient (Wildman–Crippen LogP) is 6.44. The van der Waals surface area contributed by atoms with Crippen LogP contribution in [0.3, 0.4) is 0 Å². The molecule has 5 amide bonds. The van der Waals surface area contributed by atoms with Gasteiger partial charge in [-0.1, -0.05) is 59.6 Å². The molecule has 0 aliphatic carbocycles. The van der Waals surface area contributed by atoms with Crippen molar-refractivity contribution in [2.24, 2.45) is 0 Å². The predicted molar refractivity (Wildman–Crippen MR) is 280 cm³/mol. The average Bonchev–Trinajstić information content (AvgIpc) is 3.31. The van der Waals surface area contributed by atoms with Crippen molar-refractivity contribution >= 4 is 112 Å². The Labute approximate surface area is 418 Å². The van der Waals surface area contributed by atoms with E-state index >= 15 is 0 Å². The number of amides is 5. The number of para-hydroxylation sites is 2. The number of hydrogen-bond acceptors (Lipinski definition) is 12. The van der Waals surface area contributed by atoms with Gasteiger partial charge >= 0.3 is 12.1 Å². The van der Waals surface area contributed by atoms with E-state index in [9.17, 15) is 19.2 Å². The van der Waals surface area contributed by atoms with Gasteiger partial charge in [0.1, 0.15) is 29.3 Å². The molecule has 4 aromatic carbocycles. The topological polar surface area (TPSA) is 225 Å². The average molecular weight is 987 g/mol. The van der Waals surface area contributed by atoms with Crippen molar-refractivity contribution in [2.45, 2.75) is 51.3 Å². The number of urea groups is 1. The molecule has 363 valence electrons. The first-order chi connectivity index (χ1) is 33.1. The minimum atomic E-state index is -0.593. The Hall–Kier alpha value is -7.02. The van der Waals surface area contributed by atoms with Gasteiger partial charge in [0.2, 0.25) is 11.8 Å². The molecule has 10 rings (SSSR count). The smallest absolute Gasteiger partial charge is 0.408 e. The Morgan fingerprint density at radius 1 is 0.657 bits per heavy atom. The van der Waals surface area contributed by atoms with Crippen molar-refractivity contribution < 1.29 is 23.9 Å². The van der Waals surface area contributed by atoms with Crippen molar-refractivity contribution in [3.8, 4) is 0 Å². The van der Waals surface area contributed by atoms with Crippen LogP contribution in [0.1, 0.15) is 31.9 Å². The maximum atomic E-state index is 12.8. The lowest BCUT2D eigenvalue weighted by atomic mass is 9.99. The summed E-state index contributed by atoms with van der Waals surface area (Å²) in [6.45, 7) is 11.7. The fourth-order valence-electron chi connectivity index (χ4n) is 8.61. The van der Waals surface area contributed by atoms with Crippen LogP contribution < -0.4 is 47.9 Å². The molecule has 3 radical (unpaired) electrons. The summed E-state index contributed by atoms with van der Waals surface area (Å²) in [7, 11) is 0. The minimum Gasteiger partial charge on any atom is -0.444 e. The van der Waals surface area contributed by atoms with Crippen LogP contribution in [-0.4, -0.2) is 117 Å². The second kappa shape index (κ2) is 22.2. The summed E-state index contributed by atoms with van der Waals surface area (Å²) in [6, 6.07) is 28.9. The molecule has 4 aliphatic heterocycles. The Bertz CT molecular complexity index is 2880. The molecule has 17 nitrogen and oxygen atoms in total. The fourth-order valence-corrected chi connectivity index (χ4v) is 8.95. The van der Waals surface area contributed by atoms with E-state index in [4.69, 9.17) is 39.4 Å². The molecule has 2 fully saturated rings. The van der Waals surface area contributed by atoms with E-state index in [0.29, 0.717) is 60.7 Å². The molecule has 6 heterocycles. The molecular weight excluding hydrogens is 930 g/mol. The van der Waals surface area contributed by atoms with Crippen molar-refractivity contribution in [2.75, 3.05) is 84.3 Å². The normalized spacial score (nSPS) is 17.5. The zero-order chi connectivity index (χ0) is 48.8. The van der Waals surface area contributed by atoms with Gasteiger partial charge in [0.15, 0.2) is 0 Å². The van der Waals surface area contributed by atoms with Crippen LogP contribution in [0.4, 0.5) is 44.0 Å². The van der Waals surface area contributed by atoms with Crippen LogP contribution in [0, 0.1) is 0 Å². The lowest BCUT2D eigenvalue weighted by molar-refractivity contribution is -0.119. The number of nitrogen functional groups attached to an aromatic ring is 2. The van der Waals surface area contributed by atoms with Gasteiger partial charge in [-0.05, 0) is 80.4 Å². The molecule has 6 aromatic rings. The molecule has 0 saturated carbocycles. The van der Waals surface area contributed by atoms with Gasteiger partial charge in [-0.25, -0.2) is 19.6 Å². The van der Waals surface area contributed by atoms with E-state index in [1.165, 1.54) is 0 Å². The third kappa shape index (κ3) is 12.6. The van der Waals surface area contributed by atoms with Crippen LogP contribution in [0.15, 0.2) is 97.1 Å². The number of aromatic nitrogens is 2. The summed E-state index contributed by atoms with van der Waals surface area (Å²) in [5, 5.41) is 17.8. The first-order valence-electron chi connectivity index (χ1n) is 22.8. The van der Waals surface area contributed by atoms with E-state index in [1.54, 1.807) is 31.7 Å². The number of piperazine rings is 2. The van der Waals surface area contributed by atoms with Gasteiger partial charge < -0.3 is 57.5 Å². The SMILES string of the molecule is CC(C)(C)OC(=O)N[C@H]1Cc2ccccc2NC1=O.Nc1cc(N2CCN(C(=O)N[C@H]3Cc4ccccc4NC3=O)CC2)c2ccc(Cl)cc2n1.Nc1cc(N2CCNCC2)c2ccc(Cl)cc2n1.[B]. The third-order valence-corrected chi connectivity index (χ3v) is 12.4. The zero-order valence-corrected chi connectivity index (χ0v) is 40.7. The number of fused-ring (bicyclic) bond motifs is 4. The Morgan fingerprint density at radius 3 is 1.60 bits per heavy atom. The van der Waals surface area contributed by atoms with E-state index in [-0.39, 0.29) is 26.3 Å². The van der Waals surface area contributed by atoms with Crippen molar-refractivity contribution in [3.63, 3.8) is 0 Å². The third-order valence-electron chi connectivity index (χ3n) is 11.9. The number of nitrogens with zero attached hydrogens (tertiary/aromatic N) is 5. The molecule has 0 bridgehead atoms. The van der Waals surface area contributed by atoms with Gasteiger partial charge in [0.05, 0.1) is 11.0 Å². The fraction of sp³-hybridized carbons (Fsp3) is 0.320. The zero-order valence-electron chi connectivity index (χ0n) is 39.2. The first-order valence-corrected chi connectivity index (χ1v) is 23.6. The molecule has 2 atom stereocenters. The number of carbonyl (C=O) groups excluding carboxylic acids is 4. The summed E-state index contributed by atoms with van der Waals surface area (Å²) in [6.07, 6.45) is 0.381. The largest absolute Gasteiger partial charge is 0.444 e. The number of rotatable bonds is 4. The first kappa shape index (κ1) is 50.9. The second-order valence-electron chi connectivity index (χ2n) is 18.1. The number of ether oxygens (including phenoxy) is 1. The van der Waals surface area contributed by atoms with Crippen LogP contribution in [0.2, 0.25) is 10.0 Å². The van der Waals surface area contributed by atoms with Crippen LogP contribution in [-0.2, 0) is 27.2 Å². The maximum Gasteiger partial charge on any atom is 0.408 e. The highest BCUT2D eigenvalue weighted by atomic mass is 35.5. The molecule has 2 aromatic heterocycles. The summed E-state index contributed by atoms with van der Waals surface area (Å²) >= 11 is 12.1. The lowest BCUT2D eigenvalue weighted by Crippen LogP contribution is -2.56. The van der Waals surface area contributed by atoms with Gasteiger partial charge in [0, 0.05) is 129 Å². The summed E-state index contributed by atoms with van der Waals surface area (Å²) in [5.74, 6) is 0.564. The van der Waals surface area contributed by atoms with Gasteiger partial charge in [-0.3, -0.25) is 9.59 Å². The van der Waals surface area contributed by atoms with Gasteiger partial charge in [-0.15, -0.1) is 0 Å². The number of nitrogens with two attached hydrogens (primary N) is 2. The minimum absolute atomic E-state index is 0. The van der Waals surface area contributed by atoms with E-state index in [0.717, 1.165) is 81.9 Å². The Balaban J connectivity index is 0.000000164. The summed E-state index contributed by atoms with van der Waals surface area (Å²) < 4.78 is 5.15. The number of halogens is 2. The van der Waals surface area contributed by atoms with Crippen LogP contribution >= 0.6 is 23.2 Å². The van der Waals surface area contributed by atoms with Crippen molar-refractivity contribution in [3.05, 3.63) is 118 Å². The number of pyridine rings is 2. The van der Waals surface area contributed by atoms with E-state index in [1.807, 2.05) is 91.0 Å². The molecule has 20 heteroatoms. The van der Waals surface area contributed by atoms with Crippen LogP contribution in [0.5, 0.6) is 0 Å². The monoisotopic (exact) mass is 985 g/mol.